The number of sulfonamides is 1. The summed E-state index contributed by atoms with van der Waals surface area (Å²) in [5.74, 6) is -0.417. The Labute approximate surface area is 210 Å². The van der Waals surface area contributed by atoms with Gasteiger partial charge in [0.1, 0.15) is 6.04 Å². The van der Waals surface area contributed by atoms with Gasteiger partial charge in [0, 0.05) is 11.8 Å². The highest BCUT2D eigenvalue weighted by Crippen LogP contribution is 2.29. The smallest absolute Gasteiger partial charge is 0.338 e. The van der Waals surface area contributed by atoms with Gasteiger partial charge in [-0.1, -0.05) is 30.3 Å². The van der Waals surface area contributed by atoms with Crippen LogP contribution in [0.25, 0.3) is 0 Å². The quantitative estimate of drug-likeness (QED) is 0.378. The summed E-state index contributed by atoms with van der Waals surface area (Å²) in [6, 6.07) is 18.2. The molecule has 3 aromatic rings. The molecule has 36 heavy (non-hydrogen) atoms. The molecule has 0 spiro atoms. The lowest BCUT2D eigenvalue weighted by atomic mass is 10.1. The summed E-state index contributed by atoms with van der Waals surface area (Å²) in [7, 11) is -1.25. The topological polar surface area (TPSA) is 120 Å². The molecule has 0 heterocycles. The zero-order valence-corrected chi connectivity index (χ0v) is 21.0. The van der Waals surface area contributed by atoms with Crippen LogP contribution >= 0.6 is 0 Å². The molecule has 0 radical (unpaired) electrons. The van der Waals surface area contributed by atoms with Gasteiger partial charge in [-0.2, -0.15) is 4.72 Å². The minimum atomic E-state index is -4.11. The molecule has 10 heteroatoms. The third kappa shape index (κ3) is 6.83. The Balaban J connectivity index is 1.84. The molecule has 190 valence electrons. The fourth-order valence-electron chi connectivity index (χ4n) is 3.41. The van der Waals surface area contributed by atoms with Crippen LogP contribution in [0.15, 0.2) is 77.7 Å². The molecule has 0 aliphatic heterocycles. The first kappa shape index (κ1) is 26.7. The van der Waals surface area contributed by atoms with E-state index in [1.54, 1.807) is 43.3 Å². The summed E-state index contributed by atoms with van der Waals surface area (Å²) < 4.78 is 44.2. The normalized spacial score (nSPS) is 11.9. The number of benzene rings is 3. The zero-order valence-electron chi connectivity index (χ0n) is 20.2. The Kier molecular flexibility index (Phi) is 9.04. The number of carbonyl (C=O) groups is 2. The molecular weight excluding hydrogens is 484 g/mol. The van der Waals surface area contributed by atoms with E-state index in [4.69, 9.17) is 14.2 Å². The van der Waals surface area contributed by atoms with E-state index in [1.807, 2.05) is 6.07 Å². The van der Waals surface area contributed by atoms with Crippen molar-refractivity contribution in [2.75, 3.05) is 26.1 Å². The van der Waals surface area contributed by atoms with Crippen molar-refractivity contribution in [3.8, 4) is 11.5 Å². The van der Waals surface area contributed by atoms with E-state index in [9.17, 15) is 18.0 Å². The number of anilines is 1. The van der Waals surface area contributed by atoms with Crippen LogP contribution in [0.2, 0.25) is 0 Å². The van der Waals surface area contributed by atoms with Crippen molar-refractivity contribution in [1.29, 1.82) is 0 Å². The lowest BCUT2D eigenvalue weighted by Gasteiger charge is -2.19. The second-order valence-electron chi connectivity index (χ2n) is 7.67. The van der Waals surface area contributed by atoms with Gasteiger partial charge in [-0.15, -0.1) is 0 Å². The monoisotopic (exact) mass is 512 g/mol. The Morgan fingerprint density at radius 3 is 2.17 bits per heavy atom. The first-order valence-electron chi connectivity index (χ1n) is 11.1. The number of esters is 1. The number of amides is 1. The first-order valence-corrected chi connectivity index (χ1v) is 12.6. The van der Waals surface area contributed by atoms with E-state index >= 15 is 0 Å². The highest BCUT2D eigenvalue weighted by molar-refractivity contribution is 7.89. The number of nitrogens with one attached hydrogen (secondary N) is 2. The summed E-state index contributed by atoms with van der Waals surface area (Å²) in [6.45, 7) is 1.96. The van der Waals surface area contributed by atoms with E-state index in [0.717, 1.165) is 5.56 Å². The number of hydrogen-bond donors (Lipinski definition) is 2. The van der Waals surface area contributed by atoms with Gasteiger partial charge in [-0.3, -0.25) is 4.79 Å². The average molecular weight is 513 g/mol. The molecule has 1 amide bonds. The standard InChI is InChI=1S/C26H28N2O7S/c1-4-35-26(30)19-10-12-20(13-11-19)27-25(29)22(16-18-8-6-5-7-9-18)28-36(31,32)21-14-15-23(33-2)24(17-21)34-3/h5-15,17,22,28H,4,16H2,1-3H3,(H,27,29). The SMILES string of the molecule is CCOC(=O)c1ccc(NC(=O)C(Cc2ccccc2)NS(=O)(=O)c2ccc(OC)c(OC)c2)cc1. The molecule has 0 bridgehead atoms. The Morgan fingerprint density at radius 1 is 0.889 bits per heavy atom. The minimum absolute atomic E-state index is 0.0789. The highest BCUT2D eigenvalue weighted by Gasteiger charge is 2.27. The highest BCUT2D eigenvalue weighted by atomic mass is 32.2. The van der Waals surface area contributed by atoms with Crippen molar-refractivity contribution in [2.45, 2.75) is 24.3 Å². The van der Waals surface area contributed by atoms with Crippen molar-refractivity contribution < 1.29 is 32.2 Å². The Hall–Kier alpha value is -3.89. The molecule has 0 aromatic heterocycles. The number of carbonyl (C=O) groups excluding carboxylic acids is 2. The molecule has 0 aliphatic carbocycles. The lowest BCUT2D eigenvalue weighted by Crippen LogP contribution is -2.45. The van der Waals surface area contributed by atoms with Gasteiger partial charge in [0.2, 0.25) is 15.9 Å². The molecule has 2 N–H and O–H groups in total. The predicted octanol–water partition coefficient (Wildman–Crippen LogP) is 3.41. The summed E-state index contributed by atoms with van der Waals surface area (Å²) in [4.78, 5) is 25.0. The van der Waals surface area contributed by atoms with E-state index in [2.05, 4.69) is 10.0 Å². The molecule has 0 fully saturated rings. The molecule has 9 nitrogen and oxygen atoms in total. The third-order valence-electron chi connectivity index (χ3n) is 5.23. The van der Waals surface area contributed by atoms with E-state index in [1.165, 1.54) is 44.6 Å². The molecule has 0 saturated heterocycles. The summed E-state index contributed by atoms with van der Waals surface area (Å²) in [5, 5.41) is 2.71. The van der Waals surface area contributed by atoms with Crippen molar-refractivity contribution in [3.63, 3.8) is 0 Å². The summed E-state index contributed by atoms with van der Waals surface area (Å²) >= 11 is 0. The molecule has 1 unspecified atom stereocenters. The summed E-state index contributed by atoms with van der Waals surface area (Å²) in [5.41, 5.74) is 1.51. The van der Waals surface area contributed by atoms with Crippen LogP contribution in [-0.2, 0) is 26.0 Å². The molecule has 1 atom stereocenters. The maximum Gasteiger partial charge on any atom is 0.338 e. The van der Waals surface area contributed by atoms with Gasteiger partial charge >= 0.3 is 5.97 Å². The Bertz CT molecular complexity index is 1290. The second-order valence-corrected chi connectivity index (χ2v) is 9.38. The predicted molar refractivity (Wildman–Crippen MR) is 135 cm³/mol. The van der Waals surface area contributed by atoms with Crippen LogP contribution in [0.4, 0.5) is 5.69 Å². The summed E-state index contributed by atoms with van der Waals surface area (Å²) in [6.07, 6.45) is 0.111. The molecule has 3 rings (SSSR count). The minimum Gasteiger partial charge on any atom is -0.493 e. The van der Waals surface area contributed by atoms with Crippen molar-refractivity contribution >= 4 is 27.6 Å². The number of ether oxygens (including phenoxy) is 3. The van der Waals surface area contributed by atoms with Crippen LogP contribution in [0.1, 0.15) is 22.8 Å². The van der Waals surface area contributed by atoms with Crippen molar-refractivity contribution in [1.82, 2.24) is 4.72 Å². The van der Waals surface area contributed by atoms with Crippen LogP contribution in [0.3, 0.4) is 0 Å². The van der Waals surface area contributed by atoms with Gasteiger partial charge in [-0.05, 0) is 55.3 Å². The number of methoxy groups -OCH3 is 2. The van der Waals surface area contributed by atoms with Gasteiger partial charge in [0.15, 0.2) is 11.5 Å². The van der Waals surface area contributed by atoms with Crippen LogP contribution in [0, 0.1) is 0 Å². The molecule has 3 aromatic carbocycles. The first-order chi connectivity index (χ1) is 17.3. The van der Waals surface area contributed by atoms with Crippen molar-refractivity contribution in [3.05, 3.63) is 83.9 Å². The zero-order chi connectivity index (χ0) is 26.1. The second kappa shape index (κ2) is 12.2. The third-order valence-corrected chi connectivity index (χ3v) is 6.69. The van der Waals surface area contributed by atoms with E-state index in [-0.39, 0.29) is 23.7 Å². The lowest BCUT2D eigenvalue weighted by molar-refractivity contribution is -0.117. The molecule has 0 aliphatic rings. The van der Waals surface area contributed by atoms with Crippen molar-refractivity contribution in [2.24, 2.45) is 0 Å². The van der Waals surface area contributed by atoms with Gasteiger partial charge in [-0.25, -0.2) is 13.2 Å². The Morgan fingerprint density at radius 2 is 1.56 bits per heavy atom. The maximum atomic E-state index is 13.2. The molecular formula is C26H28N2O7S. The number of hydrogen-bond acceptors (Lipinski definition) is 7. The van der Waals surface area contributed by atoms with Gasteiger partial charge in [0.05, 0.1) is 31.3 Å². The fourth-order valence-corrected chi connectivity index (χ4v) is 4.62. The van der Waals surface area contributed by atoms with Gasteiger partial charge in [0.25, 0.3) is 0 Å². The fraction of sp³-hybridized carbons (Fsp3) is 0.231. The van der Waals surface area contributed by atoms with Crippen LogP contribution in [-0.4, -0.2) is 47.2 Å². The number of rotatable bonds is 11. The maximum absolute atomic E-state index is 13.2. The average Bonchev–Trinajstić information content (AvgIpc) is 2.88. The molecule has 0 saturated carbocycles. The van der Waals surface area contributed by atoms with E-state index < -0.39 is 27.9 Å². The van der Waals surface area contributed by atoms with Crippen LogP contribution < -0.4 is 19.5 Å². The van der Waals surface area contributed by atoms with Crippen LogP contribution in [0.5, 0.6) is 11.5 Å². The van der Waals surface area contributed by atoms with Gasteiger partial charge < -0.3 is 19.5 Å². The van der Waals surface area contributed by atoms with E-state index in [0.29, 0.717) is 17.0 Å². The largest absolute Gasteiger partial charge is 0.493 e.